The molecule has 1 aromatic heterocycles. The lowest BCUT2D eigenvalue weighted by atomic mass is 10.0. The second-order valence-corrected chi connectivity index (χ2v) is 11.4. The maximum atomic E-state index is 15.2. The standard InChI is InChI=1S/C31H40FN5O2/c1-21(39-2)18-30(38)37-17-7-9-29(37)31-33-25-12-10-22(19-26(25)34-31)27-8-6-16-36(27)23-11-13-28(24(32)20-23)35-14-4-3-5-15-35/h10-13,19-21,27,29H,3-9,14-18H2,1-2H3,(H,33,34)/t21-,27+,29+/m1/s1. The number of imidazole rings is 1. The molecule has 6 rings (SSSR count). The normalized spacial score (nSPS) is 22.7. The first-order chi connectivity index (χ1) is 19.0. The van der Waals surface area contributed by atoms with Crippen molar-refractivity contribution in [3.63, 3.8) is 0 Å². The van der Waals surface area contributed by atoms with Gasteiger partial charge in [0.1, 0.15) is 11.6 Å². The van der Waals surface area contributed by atoms with Crippen LogP contribution in [0.15, 0.2) is 36.4 Å². The van der Waals surface area contributed by atoms with Gasteiger partial charge in [-0.2, -0.15) is 0 Å². The number of carbonyl (C=O) groups excluding carboxylic acids is 1. The first-order valence-electron chi connectivity index (χ1n) is 14.6. The highest BCUT2D eigenvalue weighted by Crippen LogP contribution is 2.39. The molecule has 3 atom stereocenters. The summed E-state index contributed by atoms with van der Waals surface area (Å²) in [5.74, 6) is 0.854. The number of anilines is 2. The Bertz CT molecular complexity index is 1320. The number of halogens is 1. The summed E-state index contributed by atoms with van der Waals surface area (Å²) in [4.78, 5) is 27.9. The number of methoxy groups -OCH3 is 1. The molecular formula is C31H40FN5O2. The van der Waals surface area contributed by atoms with Crippen LogP contribution in [0.3, 0.4) is 0 Å². The summed E-state index contributed by atoms with van der Waals surface area (Å²) >= 11 is 0. The van der Waals surface area contributed by atoms with E-state index in [1.54, 1.807) is 13.2 Å². The Morgan fingerprint density at radius 1 is 1.03 bits per heavy atom. The minimum atomic E-state index is -0.122. The van der Waals surface area contributed by atoms with Gasteiger partial charge in [0.2, 0.25) is 5.91 Å². The van der Waals surface area contributed by atoms with E-state index in [1.165, 1.54) is 12.0 Å². The molecule has 0 bridgehead atoms. The van der Waals surface area contributed by atoms with Gasteiger partial charge >= 0.3 is 0 Å². The van der Waals surface area contributed by atoms with Crippen LogP contribution in [0.5, 0.6) is 0 Å². The average molecular weight is 534 g/mol. The number of ether oxygens (including phenoxy) is 1. The molecule has 39 heavy (non-hydrogen) atoms. The van der Waals surface area contributed by atoms with Gasteiger partial charge in [0.05, 0.1) is 41.3 Å². The van der Waals surface area contributed by atoms with E-state index in [1.807, 2.05) is 17.9 Å². The summed E-state index contributed by atoms with van der Waals surface area (Å²) in [7, 11) is 1.64. The van der Waals surface area contributed by atoms with Gasteiger partial charge in [0.15, 0.2) is 0 Å². The molecule has 4 heterocycles. The third kappa shape index (κ3) is 5.23. The largest absolute Gasteiger partial charge is 0.381 e. The van der Waals surface area contributed by atoms with Crippen LogP contribution >= 0.6 is 0 Å². The number of hydrogen-bond donors (Lipinski definition) is 1. The molecule has 1 N–H and O–H groups in total. The fourth-order valence-corrected chi connectivity index (χ4v) is 6.69. The summed E-state index contributed by atoms with van der Waals surface area (Å²) < 4.78 is 20.6. The van der Waals surface area contributed by atoms with Crippen molar-refractivity contribution in [2.24, 2.45) is 0 Å². The molecule has 3 aromatic rings. The van der Waals surface area contributed by atoms with E-state index in [2.05, 4.69) is 39.0 Å². The van der Waals surface area contributed by atoms with Crippen LogP contribution in [0.4, 0.5) is 15.8 Å². The fourth-order valence-electron chi connectivity index (χ4n) is 6.69. The number of aromatic nitrogens is 2. The quantitative estimate of drug-likeness (QED) is 0.396. The monoisotopic (exact) mass is 533 g/mol. The van der Waals surface area contributed by atoms with Gasteiger partial charge in [-0.25, -0.2) is 9.37 Å². The van der Waals surface area contributed by atoms with E-state index < -0.39 is 0 Å². The zero-order valence-corrected chi connectivity index (χ0v) is 23.2. The summed E-state index contributed by atoms with van der Waals surface area (Å²) in [6.07, 6.45) is 7.78. The van der Waals surface area contributed by atoms with E-state index in [4.69, 9.17) is 9.72 Å². The van der Waals surface area contributed by atoms with Crippen molar-refractivity contribution in [3.05, 3.63) is 53.6 Å². The molecule has 3 fully saturated rings. The maximum absolute atomic E-state index is 15.2. The minimum Gasteiger partial charge on any atom is -0.381 e. The predicted molar refractivity (Wildman–Crippen MR) is 153 cm³/mol. The van der Waals surface area contributed by atoms with E-state index >= 15 is 4.39 Å². The van der Waals surface area contributed by atoms with Gasteiger partial charge in [-0.05, 0) is 87.8 Å². The SMILES string of the molecule is CO[C@H](C)CC(=O)N1CCC[C@H]1c1nc2cc([C@@H]3CCCN3c3ccc(N4CCCCC4)c(F)c3)ccc2[nH]1. The lowest BCUT2D eigenvalue weighted by molar-refractivity contribution is -0.134. The van der Waals surface area contributed by atoms with Crippen LogP contribution in [0, 0.1) is 5.82 Å². The maximum Gasteiger partial charge on any atom is 0.225 e. The second kappa shape index (κ2) is 11.2. The molecule has 3 aliphatic heterocycles. The molecule has 3 saturated heterocycles. The Hall–Kier alpha value is -3.13. The van der Waals surface area contributed by atoms with E-state index in [0.29, 0.717) is 6.42 Å². The summed E-state index contributed by atoms with van der Waals surface area (Å²) in [5, 5.41) is 0. The molecule has 1 amide bonds. The highest BCUT2D eigenvalue weighted by Gasteiger charge is 2.33. The van der Waals surface area contributed by atoms with Crippen molar-refractivity contribution in [3.8, 4) is 0 Å². The van der Waals surface area contributed by atoms with Crippen LogP contribution in [0.2, 0.25) is 0 Å². The number of hydrogen-bond acceptors (Lipinski definition) is 5. The number of nitrogens with one attached hydrogen (secondary N) is 1. The molecule has 2 aromatic carbocycles. The van der Waals surface area contributed by atoms with Crippen molar-refractivity contribution in [2.45, 2.75) is 76.5 Å². The Morgan fingerprint density at radius 2 is 1.82 bits per heavy atom. The molecule has 7 nitrogen and oxygen atoms in total. The predicted octanol–water partition coefficient (Wildman–Crippen LogP) is 6.12. The Kier molecular flexibility index (Phi) is 7.47. The summed E-state index contributed by atoms with van der Waals surface area (Å²) in [6.45, 7) is 5.47. The van der Waals surface area contributed by atoms with Gasteiger partial charge in [0, 0.05) is 39.0 Å². The molecule has 0 unspecified atom stereocenters. The highest BCUT2D eigenvalue weighted by molar-refractivity contribution is 5.79. The number of H-pyrrole nitrogens is 1. The number of piperidine rings is 1. The number of aromatic amines is 1. The van der Waals surface area contributed by atoms with Crippen LogP contribution in [0.1, 0.15) is 81.8 Å². The van der Waals surface area contributed by atoms with Crippen molar-refractivity contribution in [1.29, 1.82) is 0 Å². The number of rotatable bonds is 7. The zero-order valence-electron chi connectivity index (χ0n) is 23.2. The van der Waals surface area contributed by atoms with Gasteiger partial charge in [0.25, 0.3) is 0 Å². The van der Waals surface area contributed by atoms with Gasteiger partial charge in [-0.15, -0.1) is 0 Å². The molecule has 3 aliphatic rings. The smallest absolute Gasteiger partial charge is 0.225 e. The molecule has 0 aliphatic carbocycles. The minimum absolute atomic E-state index is 0.0261. The summed E-state index contributed by atoms with van der Waals surface area (Å²) in [5.41, 5.74) is 4.79. The van der Waals surface area contributed by atoms with Crippen molar-refractivity contribution in [1.82, 2.24) is 14.9 Å². The molecule has 0 spiro atoms. The zero-order chi connectivity index (χ0) is 26.9. The van der Waals surface area contributed by atoms with E-state index in [9.17, 15) is 4.79 Å². The topological polar surface area (TPSA) is 64.7 Å². The van der Waals surface area contributed by atoms with Crippen molar-refractivity contribution < 1.29 is 13.9 Å². The Balaban J connectivity index is 1.21. The molecule has 0 radical (unpaired) electrons. The summed E-state index contributed by atoms with van der Waals surface area (Å²) in [6, 6.07) is 12.4. The van der Waals surface area contributed by atoms with Crippen molar-refractivity contribution in [2.75, 3.05) is 43.1 Å². The lowest BCUT2D eigenvalue weighted by Gasteiger charge is -2.31. The average Bonchev–Trinajstić information content (AvgIpc) is 3.72. The number of likely N-dealkylation sites (tertiary alicyclic amines) is 1. The van der Waals surface area contributed by atoms with Gasteiger partial charge < -0.3 is 24.4 Å². The second-order valence-electron chi connectivity index (χ2n) is 11.4. The number of nitrogens with zero attached hydrogens (tertiary/aromatic N) is 4. The van der Waals surface area contributed by atoms with E-state index in [-0.39, 0.29) is 29.9 Å². The third-order valence-corrected chi connectivity index (χ3v) is 8.88. The first kappa shape index (κ1) is 26.1. The molecular weight excluding hydrogens is 493 g/mol. The number of carbonyl (C=O) groups is 1. The Labute approximate surface area is 230 Å². The van der Waals surface area contributed by atoms with Crippen LogP contribution in [0.25, 0.3) is 11.0 Å². The van der Waals surface area contributed by atoms with Crippen LogP contribution in [-0.2, 0) is 9.53 Å². The van der Waals surface area contributed by atoms with Gasteiger partial charge in [-0.3, -0.25) is 4.79 Å². The molecule has 0 saturated carbocycles. The fraction of sp³-hybridized carbons (Fsp3) is 0.548. The van der Waals surface area contributed by atoms with Crippen LogP contribution < -0.4 is 9.80 Å². The Morgan fingerprint density at radius 3 is 2.62 bits per heavy atom. The van der Waals surface area contributed by atoms with Gasteiger partial charge in [-0.1, -0.05) is 6.07 Å². The van der Waals surface area contributed by atoms with Crippen molar-refractivity contribution >= 4 is 28.3 Å². The molecule has 208 valence electrons. The number of amides is 1. The van der Waals surface area contributed by atoms with E-state index in [0.717, 1.165) is 92.9 Å². The lowest BCUT2D eigenvalue weighted by Crippen LogP contribution is -2.33. The number of fused-ring (bicyclic) bond motifs is 1. The first-order valence-corrected chi connectivity index (χ1v) is 14.6. The third-order valence-electron chi connectivity index (χ3n) is 8.88. The number of benzene rings is 2. The molecule has 8 heteroatoms. The van der Waals surface area contributed by atoms with Crippen LogP contribution in [-0.4, -0.2) is 60.2 Å². The highest BCUT2D eigenvalue weighted by atomic mass is 19.1.